The predicted molar refractivity (Wildman–Crippen MR) is 92.2 cm³/mol. The van der Waals surface area contributed by atoms with Crippen LogP contribution in [0.15, 0.2) is 66.7 Å². The molecular formula is C20H14F2N2O. The van der Waals surface area contributed by atoms with Gasteiger partial charge in [0.05, 0.1) is 11.0 Å². The van der Waals surface area contributed by atoms with Crippen LogP contribution in [0, 0.1) is 11.6 Å². The highest BCUT2D eigenvalue weighted by atomic mass is 19.1. The van der Waals surface area contributed by atoms with Crippen LogP contribution in [0.4, 0.5) is 8.78 Å². The first kappa shape index (κ1) is 15.3. The molecule has 1 N–H and O–H groups in total. The monoisotopic (exact) mass is 336 g/mol. The number of fused-ring (bicyclic) bond motifs is 1. The summed E-state index contributed by atoms with van der Waals surface area (Å²) < 4.78 is 32.7. The van der Waals surface area contributed by atoms with E-state index >= 15 is 0 Å². The zero-order chi connectivity index (χ0) is 17.2. The molecule has 0 unspecified atom stereocenters. The number of para-hydroxylation sites is 2. The lowest BCUT2D eigenvalue weighted by Crippen LogP contribution is -1.98. The van der Waals surface area contributed by atoms with E-state index in [9.17, 15) is 8.78 Å². The van der Waals surface area contributed by atoms with Gasteiger partial charge in [-0.1, -0.05) is 24.3 Å². The topological polar surface area (TPSA) is 37.9 Å². The summed E-state index contributed by atoms with van der Waals surface area (Å²) in [7, 11) is 0. The SMILES string of the molecule is Fc1ccc(COc2ccc(-c3nc4ccccc4[nH]3)cc2F)cc1. The van der Waals surface area contributed by atoms with Crippen molar-refractivity contribution in [3.8, 4) is 17.1 Å². The van der Waals surface area contributed by atoms with Crippen LogP contribution in [0.5, 0.6) is 5.75 Å². The van der Waals surface area contributed by atoms with Crippen LogP contribution in [0.25, 0.3) is 22.4 Å². The van der Waals surface area contributed by atoms with E-state index in [0.717, 1.165) is 16.6 Å². The third-order valence-electron chi connectivity index (χ3n) is 3.90. The Bertz CT molecular complexity index is 992. The molecule has 25 heavy (non-hydrogen) atoms. The maximum absolute atomic E-state index is 14.3. The fourth-order valence-electron chi connectivity index (χ4n) is 2.60. The summed E-state index contributed by atoms with van der Waals surface area (Å²) >= 11 is 0. The van der Waals surface area contributed by atoms with Crippen molar-refractivity contribution in [3.63, 3.8) is 0 Å². The van der Waals surface area contributed by atoms with Gasteiger partial charge in [0, 0.05) is 5.56 Å². The van der Waals surface area contributed by atoms with Gasteiger partial charge in [-0.25, -0.2) is 13.8 Å². The van der Waals surface area contributed by atoms with E-state index in [-0.39, 0.29) is 18.2 Å². The molecule has 3 aromatic carbocycles. The molecule has 0 saturated heterocycles. The van der Waals surface area contributed by atoms with E-state index in [2.05, 4.69) is 9.97 Å². The van der Waals surface area contributed by atoms with Crippen molar-refractivity contribution in [2.75, 3.05) is 0 Å². The average Bonchev–Trinajstić information content (AvgIpc) is 3.06. The first-order valence-corrected chi connectivity index (χ1v) is 7.81. The number of imidazole rings is 1. The number of rotatable bonds is 4. The smallest absolute Gasteiger partial charge is 0.165 e. The molecule has 0 radical (unpaired) electrons. The first-order valence-electron chi connectivity index (χ1n) is 7.81. The van der Waals surface area contributed by atoms with E-state index in [1.54, 1.807) is 24.3 Å². The Balaban J connectivity index is 1.54. The van der Waals surface area contributed by atoms with Crippen LogP contribution >= 0.6 is 0 Å². The number of aromatic amines is 1. The Morgan fingerprint density at radius 1 is 0.920 bits per heavy atom. The summed E-state index contributed by atoms with van der Waals surface area (Å²) in [5.41, 5.74) is 3.13. The summed E-state index contributed by atoms with van der Waals surface area (Å²) in [4.78, 5) is 7.62. The molecule has 0 bridgehead atoms. The van der Waals surface area contributed by atoms with Gasteiger partial charge >= 0.3 is 0 Å². The quantitative estimate of drug-likeness (QED) is 0.564. The fourth-order valence-corrected chi connectivity index (χ4v) is 2.60. The lowest BCUT2D eigenvalue weighted by Gasteiger charge is -2.08. The van der Waals surface area contributed by atoms with E-state index in [1.807, 2.05) is 24.3 Å². The van der Waals surface area contributed by atoms with Gasteiger partial charge in [-0.15, -0.1) is 0 Å². The van der Waals surface area contributed by atoms with Gasteiger partial charge in [0.1, 0.15) is 18.2 Å². The minimum atomic E-state index is -0.472. The van der Waals surface area contributed by atoms with Gasteiger partial charge in [-0.05, 0) is 48.0 Å². The van der Waals surface area contributed by atoms with E-state index < -0.39 is 5.82 Å². The molecule has 1 heterocycles. The highest BCUT2D eigenvalue weighted by Crippen LogP contribution is 2.26. The van der Waals surface area contributed by atoms with Gasteiger partial charge in [0.25, 0.3) is 0 Å². The van der Waals surface area contributed by atoms with Crippen LogP contribution in [0.1, 0.15) is 5.56 Å². The Kier molecular flexibility index (Phi) is 3.90. The molecule has 4 rings (SSSR count). The molecule has 0 aliphatic rings. The van der Waals surface area contributed by atoms with Crippen LogP contribution in [0.3, 0.4) is 0 Å². The van der Waals surface area contributed by atoms with Crippen LogP contribution < -0.4 is 4.74 Å². The summed E-state index contributed by atoms with van der Waals surface area (Å²) in [6.07, 6.45) is 0. The van der Waals surface area contributed by atoms with Crippen LogP contribution in [-0.2, 0) is 6.61 Å². The lowest BCUT2D eigenvalue weighted by atomic mass is 10.2. The molecule has 0 saturated carbocycles. The van der Waals surface area contributed by atoms with Crippen LogP contribution in [0.2, 0.25) is 0 Å². The van der Waals surface area contributed by atoms with Crippen molar-refractivity contribution in [1.82, 2.24) is 9.97 Å². The number of nitrogens with one attached hydrogen (secondary N) is 1. The fraction of sp³-hybridized carbons (Fsp3) is 0.0500. The summed E-state index contributed by atoms with van der Waals surface area (Å²) in [6, 6.07) is 18.2. The van der Waals surface area contributed by atoms with E-state index in [0.29, 0.717) is 11.4 Å². The number of ether oxygens (including phenoxy) is 1. The molecular weight excluding hydrogens is 322 g/mol. The van der Waals surface area contributed by atoms with Gasteiger partial charge in [0.2, 0.25) is 0 Å². The number of halogens is 2. The summed E-state index contributed by atoms with van der Waals surface area (Å²) in [5.74, 6) is -0.0421. The normalized spacial score (nSPS) is 11.0. The zero-order valence-electron chi connectivity index (χ0n) is 13.2. The summed E-state index contributed by atoms with van der Waals surface area (Å²) in [5, 5.41) is 0. The molecule has 0 fully saturated rings. The molecule has 5 heteroatoms. The molecule has 3 nitrogen and oxygen atoms in total. The number of nitrogens with zero attached hydrogens (tertiary/aromatic N) is 1. The second-order valence-electron chi connectivity index (χ2n) is 5.66. The van der Waals surface area contributed by atoms with Crippen LogP contribution in [-0.4, -0.2) is 9.97 Å². The van der Waals surface area contributed by atoms with Gasteiger partial charge in [-0.3, -0.25) is 0 Å². The molecule has 124 valence electrons. The number of aromatic nitrogens is 2. The minimum absolute atomic E-state index is 0.143. The minimum Gasteiger partial charge on any atom is -0.486 e. The molecule has 0 amide bonds. The lowest BCUT2D eigenvalue weighted by molar-refractivity contribution is 0.290. The Morgan fingerprint density at radius 3 is 2.48 bits per heavy atom. The maximum atomic E-state index is 14.3. The van der Waals surface area contributed by atoms with Gasteiger partial charge in [0.15, 0.2) is 11.6 Å². The number of H-pyrrole nitrogens is 1. The maximum Gasteiger partial charge on any atom is 0.165 e. The number of benzene rings is 3. The van der Waals surface area contributed by atoms with Crippen molar-refractivity contribution >= 4 is 11.0 Å². The van der Waals surface area contributed by atoms with Crippen molar-refractivity contribution in [2.24, 2.45) is 0 Å². The Labute approximate surface area is 142 Å². The van der Waals surface area contributed by atoms with Crippen molar-refractivity contribution in [1.29, 1.82) is 0 Å². The largest absolute Gasteiger partial charge is 0.486 e. The number of hydrogen-bond acceptors (Lipinski definition) is 2. The van der Waals surface area contributed by atoms with Gasteiger partial charge in [-0.2, -0.15) is 0 Å². The Morgan fingerprint density at radius 2 is 1.72 bits per heavy atom. The molecule has 0 aliphatic heterocycles. The molecule has 4 aromatic rings. The molecule has 1 aromatic heterocycles. The average molecular weight is 336 g/mol. The van der Waals surface area contributed by atoms with Crippen molar-refractivity contribution < 1.29 is 13.5 Å². The molecule has 0 spiro atoms. The third kappa shape index (κ3) is 3.21. The molecule has 0 atom stereocenters. The standard InChI is InChI=1S/C20H14F2N2O/c21-15-8-5-13(6-9-15)12-25-19-10-7-14(11-16(19)22)20-23-17-3-1-2-4-18(17)24-20/h1-11H,12H2,(H,23,24). The first-order chi connectivity index (χ1) is 12.2. The third-order valence-corrected chi connectivity index (χ3v) is 3.90. The highest BCUT2D eigenvalue weighted by Gasteiger charge is 2.10. The highest BCUT2D eigenvalue weighted by molar-refractivity contribution is 5.79. The van der Waals surface area contributed by atoms with Gasteiger partial charge < -0.3 is 9.72 Å². The summed E-state index contributed by atoms with van der Waals surface area (Å²) in [6.45, 7) is 0.168. The van der Waals surface area contributed by atoms with E-state index in [1.165, 1.54) is 18.2 Å². The number of hydrogen-bond donors (Lipinski definition) is 1. The van der Waals surface area contributed by atoms with Crippen molar-refractivity contribution in [2.45, 2.75) is 6.61 Å². The molecule has 0 aliphatic carbocycles. The van der Waals surface area contributed by atoms with E-state index in [4.69, 9.17) is 4.74 Å². The second kappa shape index (κ2) is 6.36. The zero-order valence-corrected chi connectivity index (χ0v) is 13.2. The predicted octanol–water partition coefficient (Wildman–Crippen LogP) is 5.09. The second-order valence-corrected chi connectivity index (χ2v) is 5.66. The Hall–Kier alpha value is -3.21. The van der Waals surface area contributed by atoms with Crippen molar-refractivity contribution in [3.05, 3.63) is 83.9 Å².